The van der Waals surface area contributed by atoms with Gasteiger partial charge >= 0.3 is 0 Å². The molecule has 6 heteroatoms. The lowest BCUT2D eigenvalue weighted by molar-refractivity contribution is 0.128. The third-order valence-corrected chi connectivity index (χ3v) is 4.51. The molecule has 6 nitrogen and oxygen atoms in total. The van der Waals surface area contributed by atoms with Gasteiger partial charge in [-0.3, -0.25) is 0 Å². The predicted molar refractivity (Wildman–Crippen MR) is 93.1 cm³/mol. The largest absolute Gasteiger partial charge is 0.494 e. The zero-order chi connectivity index (χ0) is 17.0. The smallest absolute Gasteiger partial charge is 0.225 e. The first kappa shape index (κ1) is 16.1. The molecule has 2 aromatic heterocycles. The van der Waals surface area contributed by atoms with Crippen molar-refractivity contribution < 1.29 is 5.11 Å². The quantitative estimate of drug-likeness (QED) is 0.891. The van der Waals surface area contributed by atoms with Gasteiger partial charge in [-0.1, -0.05) is 0 Å². The normalized spacial score (nSPS) is 20.8. The molecule has 1 fully saturated rings. The minimum Gasteiger partial charge on any atom is -0.494 e. The number of aromatic nitrogens is 3. The summed E-state index contributed by atoms with van der Waals surface area (Å²) in [5.74, 6) is 0.921. The molecule has 0 amide bonds. The highest BCUT2D eigenvalue weighted by atomic mass is 16.3. The zero-order valence-electron chi connectivity index (χ0n) is 14.9. The molecule has 0 saturated carbocycles. The first-order valence-electron chi connectivity index (χ1n) is 8.11. The summed E-state index contributed by atoms with van der Waals surface area (Å²) in [6, 6.07) is 0.234. The molecular formula is C17H27N5O. The summed E-state index contributed by atoms with van der Waals surface area (Å²) in [5, 5.41) is 15.1. The van der Waals surface area contributed by atoms with Gasteiger partial charge in [0.2, 0.25) is 11.8 Å². The molecule has 3 heterocycles. The molecule has 23 heavy (non-hydrogen) atoms. The Morgan fingerprint density at radius 3 is 2.39 bits per heavy atom. The summed E-state index contributed by atoms with van der Waals surface area (Å²) >= 11 is 0. The summed E-state index contributed by atoms with van der Waals surface area (Å²) < 4.78 is 1.98. The van der Waals surface area contributed by atoms with Gasteiger partial charge in [0.05, 0.1) is 10.9 Å². The van der Waals surface area contributed by atoms with Crippen molar-refractivity contribution in [1.29, 1.82) is 0 Å². The number of fused-ring (bicyclic) bond motifs is 1. The maximum absolute atomic E-state index is 10.7. The second-order valence-electron chi connectivity index (χ2n) is 8.18. The highest BCUT2D eigenvalue weighted by Crippen LogP contribution is 2.40. The maximum atomic E-state index is 10.7. The Kier molecular flexibility index (Phi) is 3.55. The summed E-state index contributed by atoms with van der Waals surface area (Å²) in [6.07, 6.45) is 5.58. The summed E-state index contributed by atoms with van der Waals surface area (Å²) in [5.41, 5.74) is 0.835. The van der Waals surface area contributed by atoms with Crippen LogP contribution in [0.25, 0.3) is 10.9 Å². The van der Waals surface area contributed by atoms with Gasteiger partial charge in [0, 0.05) is 43.6 Å². The lowest BCUT2D eigenvalue weighted by Gasteiger charge is -2.47. The van der Waals surface area contributed by atoms with Gasteiger partial charge in [-0.25, -0.2) is 9.97 Å². The fraction of sp³-hybridized carbons (Fsp3) is 0.647. The van der Waals surface area contributed by atoms with Crippen LogP contribution in [0.3, 0.4) is 0 Å². The molecule has 1 aliphatic heterocycles. The van der Waals surface area contributed by atoms with Gasteiger partial charge in [-0.15, -0.1) is 0 Å². The Balaban J connectivity index is 2.04. The van der Waals surface area contributed by atoms with E-state index in [0.717, 1.165) is 18.4 Å². The Labute approximate surface area is 137 Å². The van der Waals surface area contributed by atoms with E-state index in [2.05, 4.69) is 43.0 Å². The predicted octanol–water partition coefficient (Wildman–Crippen LogP) is 2.68. The van der Waals surface area contributed by atoms with Gasteiger partial charge in [0.25, 0.3) is 0 Å². The first-order valence-corrected chi connectivity index (χ1v) is 8.11. The molecule has 1 aliphatic rings. The molecule has 2 aromatic rings. The van der Waals surface area contributed by atoms with E-state index in [1.165, 1.54) is 0 Å². The Bertz CT molecular complexity index is 716. The van der Waals surface area contributed by atoms with Crippen LogP contribution in [-0.4, -0.2) is 44.8 Å². The molecule has 2 N–H and O–H groups in total. The van der Waals surface area contributed by atoms with Crippen molar-refractivity contribution in [2.24, 2.45) is 0 Å². The molecule has 0 atom stereocenters. The van der Waals surface area contributed by atoms with E-state index in [1.807, 2.05) is 29.8 Å². The Morgan fingerprint density at radius 2 is 1.83 bits per heavy atom. The highest BCUT2D eigenvalue weighted by molar-refractivity contribution is 5.84. The average Bonchev–Trinajstić information content (AvgIpc) is 2.72. The molecule has 0 spiro atoms. The van der Waals surface area contributed by atoms with Gasteiger partial charge in [0.1, 0.15) is 0 Å². The maximum Gasteiger partial charge on any atom is 0.225 e. The van der Waals surface area contributed by atoms with Crippen LogP contribution in [-0.2, 0) is 0 Å². The lowest BCUT2D eigenvalue weighted by atomic mass is 9.79. The van der Waals surface area contributed by atoms with E-state index in [1.54, 1.807) is 6.20 Å². The van der Waals surface area contributed by atoms with Crippen molar-refractivity contribution in [1.82, 2.24) is 19.9 Å². The first-order chi connectivity index (χ1) is 10.6. The van der Waals surface area contributed by atoms with Crippen molar-refractivity contribution in [3.63, 3.8) is 0 Å². The van der Waals surface area contributed by atoms with Gasteiger partial charge in [-0.2, -0.15) is 0 Å². The molecule has 126 valence electrons. The standard InChI is InChI=1S/C17H27N5O/c1-16(2)7-11(8-17(3,4)20-16)22-10-13-12(14(22)23)9-18-15(19-13)21(5)6/h9-11,20,23H,7-8H2,1-6H3. The number of aromatic hydroxyl groups is 1. The topological polar surface area (TPSA) is 66.2 Å². The second kappa shape index (κ2) is 5.09. The fourth-order valence-electron chi connectivity index (χ4n) is 3.95. The van der Waals surface area contributed by atoms with Crippen molar-refractivity contribution in [2.75, 3.05) is 19.0 Å². The molecule has 3 rings (SSSR count). The molecule has 0 bridgehead atoms. The van der Waals surface area contributed by atoms with Gasteiger partial charge < -0.3 is 19.9 Å². The third-order valence-electron chi connectivity index (χ3n) is 4.51. The fourth-order valence-corrected chi connectivity index (χ4v) is 3.95. The molecule has 0 aliphatic carbocycles. The van der Waals surface area contributed by atoms with Crippen LogP contribution >= 0.6 is 0 Å². The van der Waals surface area contributed by atoms with Crippen LogP contribution in [0.15, 0.2) is 12.4 Å². The molecular weight excluding hydrogens is 290 g/mol. The molecule has 0 radical (unpaired) electrons. The second-order valence-corrected chi connectivity index (χ2v) is 8.18. The number of rotatable bonds is 2. The van der Waals surface area contributed by atoms with Crippen molar-refractivity contribution in [2.45, 2.75) is 57.7 Å². The molecule has 1 saturated heterocycles. The van der Waals surface area contributed by atoms with Crippen LogP contribution in [0.1, 0.15) is 46.6 Å². The van der Waals surface area contributed by atoms with E-state index in [-0.39, 0.29) is 23.0 Å². The Morgan fingerprint density at radius 1 is 1.22 bits per heavy atom. The monoisotopic (exact) mass is 317 g/mol. The third kappa shape index (κ3) is 3.00. The van der Waals surface area contributed by atoms with Gasteiger partial charge in [-0.05, 0) is 40.5 Å². The average molecular weight is 317 g/mol. The van der Waals surface area contributed by atoms with E-state index < -0.39 is 0 Å². The minimum atomic E-state index is 0.0236. The van der Waals surface area contributed by atoms with E-state index >= 15 is 0 Å². The zero-order valence-corrected chi connectivity index (χ0v) is 14.9. The van der Waals surface area contributed by atoms with E-state index in [0.29, 0.717) is 11.3 Å². The molecule has 0 aromatic carbocycles. The number of nitrogens with one attached hydrogen (secondary N) is 1. The summed E-state index contributed by atoms with van der Waals surface area (Å²) in [6.45, 7) is 8.85. The van der Waals surface area contributed by atoms with Crippen LogP contribution < -0.4 is 10.2 Å². The lowest BCUT2D eigenvalue weighted by Crippen LogP contribution is -2.57. The number of piperidine rings is 1. The number of hydrogen-bond donors (Lipinski definition) is 2. The number of nitrogens with zero attached hydrogens (tertiary/aromatic N) is 4. The SMILES string of the molecule is CN(C)c1ncc2c(O)n(C3CC(C)(C)NC(C)(C)C3)cc2n1. The highest BCUT2D eigenvalue weighted by Gasteiger charge is 2.39. The molecule has 0 unspecified atom stereocenters. The van der Waals surface area contributed by atoms with Crippen molar-refractivity contribution >= 4 is 16.9 Å². The number of hydrogen-bond acceptors (Lipinski definition) is 5. The Hall–Kier alpha value is -1.82. The summed E-state index contributed by atoms with van der Waals surface area (Å²) in [7, 11) is 3.83. The number of anilines is 1. The van der Waals surface area contributed by atoms with Crippen LogP contribution in [0.4, 0.5) is 5.95 Å². The van der Waals surface area contributed by atoms with Crippen LogP contribution in [0.5, 0.6) is 5.88 Å². The van der Waals surface area contributed by atoms with Crippen molar-refractivity contribution in [3.05, 3.63) is 12.4 Å². The van der Waals surface area contributed by atoms with Crippen LogP contribution in [0.2, 0.25) is 0 Å². The van der Waals surface area contributed by atoms with Crippen LogP contribution in [0, 0.1) is 0 Å². The van der Waals surface area contributed by atoms with E-state index in [9.17, 15) is 5.11 Å². The van der Waals surface area contributed by atoms with E-state index in [4.69, 9.17) is 0 Å². The van der Waals surface area contributed by atoms with Crippen molar-refractivity contribution in [3.8, 4) is 5.88 Å². The summed E-state index contributed by atoms with van der Waals surface area (Å²) in [4.78, 5) is 10.7. The van der Waals surface area contributed by atoms with Gasteiger partial charge in [0.15, 0.2) is 0 Å². The minimum absolute atomic E-state index is 0.0236.